The highest BCUT2D eigenvalue weighted by Gasteiger charge is 2.44. The van der Waals surface area contributed by atoms with E-state index in [-0.39, 0.29) is 5.92 Å². The van der Waals surface area contributed by atoms with E-state index in [1.165, 1.54) is 34.9 Å². The van der Waals surface area contributed by atoms with Crippen molar-refractivity contribution in [1.82, 2.24) is 19.5 Å². The molecule has 182 valence electrons. The summed E-state index contributed by atoms with van der Waals surface area (Å²) in [5, 5.41) is 33.4. The van der Waals surface area contributed by atoms with Crippen molar-refractivity contribution >= 4 is 17.0 Å². The third kappa shape index (κ3) is 4.51. The minimum absolute atomic E-state index is 0.0855. The number of nitrogens with one attached hydrogen (secondary N) is 1. The smallest absolute Gasteiger partial charge is 0.167 e. The molecule has 1 unspecified atom stereocenters. The molecule has 0 spiro atoms. The molecule has 9 heteroatoms. The van der Waals surface area contributed by atoms with Crippen molar-refractivity contribution in [3.63, 3.8) is 0 Å². The van der Waals surface area contributed by atoms with Crippen LogP contribution < -0.4 is 5.32 Å². The first-order chi connectivity index (χ1) is 17.0. The van der Waals surface area contributed by atoms with Gasteiger partial charge < -0.3 is 25.4 Å². The van der Waals surface area contributed by atoms with Gasteiger partial charge in [-0.05, 0) is 25.0 Å². The summed E-state index contributed by atoms with van der Waals surface area (Å²) in [7, 11) is 0. The number of hydrogen-bond acceptors (Lipinski definition) is 8. The molecule has 1 fully saturated rings. The molecule has 0 bridgehead atoms. The van der Waals surface area contributed by atoms with Gasteiger partial charge in [0.25, 0.3) is 0 Å². The summed E-state index contributed by atoms with van der Waals surface area (Å²) in [4.78, 5) is 13.2. The third-order valence-electron chi connectivity index (χ3n) is 6.51. The molecular weight excluding hydrogens is 446 g/mol. The Morgan fingerprint density at radius 2 is 1.66 bits per heavy atom. The molecule has 0 radical (unpaired) electrons. The zero-order chi connectivity index (χ0) is 24.5. The zero-order valence-corrected chi connectivity index (χ0v) is 19.6. The van der Waals surface area contributed by atoms with Gasteiger partial charge in [0.15, 0.2) is 23.2 Å². The van der Waals surface area contributed by atoms with Crippen LogP contribution in [-0.4, -0.2) is 66.3 Å². The lowest BCUT2D eigenvalue weighted by Crippen LogP contribution is -2.33. The number of hydrogen-bond donors (Lipinski definition) is 4. The minimum Gasteiger partial charge on any atom is -0.394 e. The van der Waals surface area contributed by atoms with Gasteiger partial charge in [0, 0.05) is 12.5 Å². The second-order valence-corrected chi connectivity index (χ2v) is 9.04. The fourth-order valence-corrected chi connectivity index (χ4v) is 4.68. The molecule has 9 nitrogen and oxygen atoms in total. The number of nitrogens with zero attached hydrogens (tertiary/aromatic N) is 4. The van der Waals surface area contributed by atoms with Gasteiger partial charge in [-0.3, -0.25) is 4.57 Å². The Morgan fingerprint density at radius 1 is 0.971 bits per heavy atom. The lowest BCUT2D eigenvalue weighted by Gasteiger charge is -2.20. The molecule has 1 aliphatic rings. The van der Waals surface area contributed by atoms with Gasteiger partial charge in [0.2, 0.25) is 0 Å². The van der Waals surface area contributed by atoms with E-state index in [1.54, 1.807) is 4.57 Å². The van der Waals surface area contributed by atoms with Crippen molar-refractivity contribution in [2.45, 2.75) is 44.3 Å². The summed E-state index contributed by atoms with van der Waals surface area (Å²) in [6, 6.07) is 17.0. The monoisotopic (exact) mass is 475 g/mol. The first kappa shape index (κ1) is 23.4. The van der Waals surface area contributed by atoms with Crippen molar-refractivity contribution < 1.29 is 20.1 Å². The van der Waals surface area contributed by atoms with Crippen molar-refractivity contribution in [2.24, 2.45) is 0 Å². The van der Waals surface area contributed by atoms with Crippen LogP contribution in [0.1, 0.15) is 34.4 Å². The molecule has 35 heavy (non-hydrogen) atoms. The Morgan fingerprint density at radius 3 is 2.26 bits per heavy atom. The molecule has 0 aliphatic carbocycles. The second-order valence-electron chi connectivity index (χ2n) is 9.04. The van der Waals surface area contributed by atoms with Crippen LogP contribution in [0.4, 0.5) is 5.82 Å². The molecule has 2 aromatic heterocycles. The Bertz CT molecular complexity index is 1280. The predicted molar refractivity (Wildman–Crippen MR) is 131 cm³/mol. The SMILES string of the molecule is Cc1cccc(C(CNc2ncnc3c2ncn3C2O[C@H](CO)[C@@H](O)[C@H]2O)c2cccc(C)c2)c1. The Balaban J connectivity index is 1.45. The van der Waals surface area contributed by atoms with Crippen molar-refractivity contribution in [3.05, 3.63) is 83.4 Å². The molecule has 0 amide bonds. The highest BCUT2D eigenvalue weighted by molar-refractivity contribution is 5.82. The number of aliphatic hydroxyl groups is 3. The highest BCUT2D eigenvalue weighted by Crippen LogP contribution is 2.33. The zero-order valence-electron chi connectivity index (χ0n) is 19.6. The first-order valence-corrected chi connectivity index (χ1v) is 11.6. The summed E-state index contributed by atoms with van der Waals surface area (Å²) in [6.45, 7) is 4.35. The number of aromatic nitrogens is 4. The van der Waals surface area contributed by atoms with Crippen LogP contribution in [0.25, 0.3) is 11.2 Å². The summed E-state index contributed by atoms with van der Waals surface area (Å²) >= 11 is 0. The molecule has 4 atom stereocenters. The maximum Gasteiger partial charge on any atom is 0.167 e. The molecule has 0 saturated carbocycles. The van der Waals surface area contributed by atoms with E-state index in [9.17, 15) is 15.3 Å². The number of aryl methyl sites for hydroxylation is 2. The fourth-order valence-electron chi connectivity index (χ4n) is 4.68. The lowest BCUT2D eigenvalue weighted by atomic mass is 9.89. The Hall–Kier alpha value is -3.37. The van der Waals surface area contributed by atoms with Crippen molar-refractivity contribution in [3.8, 4) is 0 Å². The number of ether oxygens (including phenoxy) is 1. The van der Waals surface area contributed by atoms with E-state index in [1.807, 2.05) is 0 Å². The van der Waals surface area contributed by atoms with E-state index < -0.39 is 31.1 Å². The van der Waals surface area contributed by atoms with Gasteiger partial charge in [-0.1, -0.05) is 59.7 Å². The maximum atomic E-state index is 10.4. The number of rotatable bonds is 7. The topological polar surface area (TPSA) is 126 Å². The average Bonchev–Trinajstić information content (AvgIpc) is 3.40. The summed E-state index contributed by atoms with van der Waals surface area (Å²) in [5.74, 6) is 0.646. The van der Waals surface area contributed by atoms with Crippen LogP contribution in [0, 0.1) is 13.8 Å². The van der Waals surface area contributed by atoms with Gasteiger partial charge in [0.1, 0.15) is 24.6 Å². The van der Waals surface area contributed by atoms with E-state index in [0.29, 0.717) is 23.5 Å². The second kappa shape index (κ2) is 9.71. The van der Waals surface area contributed by atoms with Crippen LogP contribution in [-0.2, 0) is 4.74 Å². The van der Waals surface area contributed by atoms with E-state index in [0.717, 1.165) is 0 Å². The first-order valence-electron chi connectivity index (χ1n) is 11.6. The van der Waals surface area contributed by atoms with Gasteiger partial charge in [0.05, 0.1) is 12.9 Å². The maximum absolute atomic E-state index is 10.4. The number of benzene rings is 2. The average molecular weight is 476 g/mol. The molecular formula is C26H29N5O4. The van der Waals surface area contributed by atoms with Crippen LogP contribution in [0.2, 0.25) is 0 Å². The van der Waals surface area contributed by atoms with Crippen LogP contribution >= 0.6 is 0 Å². The van der Waals surface area contributed by atoms with E-state index in [2.05, 4.69) is 82.6 Å². The number of aliphatic hydroxyl groups excluding tert-OH is 3. The number of anilines is 1. The standard InChI is InChI=1S/C26H29N5O4/c1-15-5-3-7-17(9-15)19(18-8-4-6-16(2)10-18)11-27-24-21-25(29-13-28-24)31(14-30-21)26-23(34)22(33)20(12-32)35-26/h3-10,13-14,19-20,22-23,26,32-34H,11-12H2,1-2H3,(H,27,28,29)/t20-,22-,23-,26?/m1/s1. The fraction of sp³-hybridized carbons (Fsp3) is 0.346. The van der Waals surface area contributed by atoms with Crippen LogP contribution in [0.15, 0.2) is 61.2 Å². The molecule has 1 aliphatic heterocycles. The molecule has 4 aromatic rings. The van der Waals surface area contributed by atoms with E-state index in [4.69, 9.17) is 4.74 Å². The highest BCUT2D eigenvalue weighted by atomic mass is 16.6. The quantitative estimate of drug-likeness (QED) is 0.321. The van der Waals surface area contributed by atoms with Crippen LogP contribution in [0.5, 0.6) is 0 Å². The lowest BCUT2D eigenvalue weighted by molar-refractivity contribution is -0.0511. The minimum atomic E-state index is -1.22. The van der Waals surface area contributed by atoms with Gasteiger partial charge >= 0.3 is 0 Å². The van der Waals surface area contributed by atoms with E-state index >= 15 is 0 Å². The van der Waals surface area contributed by atoms with Crippen molar-refractivity contribution in [1.29, 1.82) is 0 Å². The predicted octanol–water partition coefficient (Wildman–Crippen LogP) is 2.30. The normalized spacial score (nSPS) is 22.2. The van der Waals surface area contributed by atoms with Gasteiger partial charge in [-0.2, -0.15) is 0 Å². The summed E-state index contributed by atoms with van der Waals surface area (Å²) in [5.41, 5.74) is 5.77. The Kier molecular flexibility index (Phi) is 6.48. The summed E-state index contributed by atoms with van der Waals surface area (Å²) in [6.07, 6.45) is -1.28. The molecule has 4 N–H and O–H groups in total. The largest absolute Gasteiger partial charge is 0.394 e. The Labute approximate surface area is 203 Å². The third-order valence-corrected chi connectivity index (χ3v) is 6.51. The van der Waals surface area contributed by atoms with Gasteiger partial charge in [-0.15, -0.1) is 0 Å². The summed E-state index contributed by atoms with van der Waals surface area (Å²) < 4.78 is 7.22. The molecule has 5 rings (SSSR count). The van der Waals surface area contributed by atoms with Crippen molar-refractivity contribution in [2.75, 3.05) is 18.5 Å². The number of imidazole rings is 1. The van der Waals surface area contributed by atoms with Crippen LogP contribution in [0.3, 0.4) is 0 Å². The molecule has 3 heterocycles. The molecule has 1 saturated heterocycles. The number of fused-ring (bicyclic) bond motifs is 1. The van der Waals surface area contributed by atoms with Gasteiger partial charge in [-0.25, -0.2) is 15.0 Å². The molecule has 2 aromatic carbocycles.